The van der Waals surface area contributed by atoms with Gasteiger partial charge in [-0.3, -0.25) is 4.79 Å². The third-order valence-electron chi connectivity index (χ3n) is 4.61. The van der Waals surface area contributed by atoms with Crippen LogP contribution in [0.15, 0.2) is 30.3 Å². The molecule has 0 aliphatic carbocycles. The molecule has 1 heterocycles. The van der Waals surface area contributed by atoms with Crippen LogP contribution in [0.4, 0.5) is 0 Å². The van der Waals surface area contributed by atoms with E-state index in [0.29, 0.717) is 6.54 Å². The molecule has 0 aromatic heterocycles. The minimum Gasteiger partial charge on any atom is -0.368 e. The summed E-state index contributed by atoms with van der Waals surface area (Å²) in [6.45, 7) is 4.75. The van der Waals surface area contributed by atoms with Gasteiger partial charge in [0.1, 0.15) is 5.54 Å². The lowest BCUT2D eigenvalue weighted by Crippen LogP contribution is -2.57. The van der Waals surface area contributed by atoms with Gasteiger partial charge in [0.15, 0.2) is 0 Å². The van der Waals surface area contributed by atoms with Gasteiger partial charge in [0.05, 0.1) is 0 Å². The molecule has 116 valence electrons. The maximum Gasteiger partial charge on any atom is 0.243 e. The highest BCUT2D eigenvalue weighted by Crippen LogP contribution is 2.25. The Balaban J connectivity index is 2.03. The Labute approximate surface area is 127 Å². The van der Waals surface area contributed by atoms with Gasteiger partial charge < -0.3 is 16.4 Å². The summed E-state index contributed by atoms with van der Waals surface area (Å²) in [7, 11) is 0. The van der Waals surface area contributed by atoms with Crippen molar-refractivity contribution in [1.82, 2.24) is 4.90 Å². The van der Waals surface area contributed by atoms with Crippen molar-refractivity contribution in [3.63, 3.8) is 0 Å². The van der Waals surface area contributed by atoms with Crippen molar-refractivity contribution >= 4 is 5.91 Å². The summed E-state index contributed by atoms with van der Waals surface area (Å²) in [6, 6.07) is 9.48. The summed E-state index contributed by atoms with van der Waals surface area (Å²) in [5.74, 6) is 0.369. The molecule has 4 N–H and O–H groups in total. The van der Waals surface area contributed by atoms with Crippen LogP contribution in [0.5, 0.6) is 0 Å². The molecule has 0 radical (unpaired) electrons. The summed E-state index contributed by atoms with van der Waals surface area (Å²) >= 11 is 0. The summed E-state index contributed by atoms with van der Waals surface area (Å²) in [5.41, 5.74) is 11.7. The second-order valence-electron chi connectivity index (χ2n) is 6.21. The Morgan fingerprint density at radius 3 is 2.43 bits per heavy atom. The Morgan fingerprint density at radius 2 is 1.90 bits per heavy atom. The third-order valence-corrected chi connectivity index (χ3v) is 4.61. The van der Waals surface area contributed by atoms with Crippen LogP contribution in [0, 0.1) is 5.92 Å². The van der Waals surface area contributed by atoms with E-state index in [-0.39, 0.29) is 0 Å². The molecule has 0 spiro atoms. The number of carbonyl (C=O) groups excluding carboxylic acids is 1. The van der Waals surface area contributed by atoms with Crippen LogP contribution in [-0.4, -0.2) is 30.4 Å². The van der Waals surface area contributed by atoms with Crippen LogP contribution in [0.1, 0.15) is 38.2 Å². The molecule has 1 aliphatic heterocycles. The number of nitrogens with two attached hydrogens (primary N) is 2. The predicted octanol–water partition coefficient (Wildman–Crippen LogP) is 1.84. The summed E-state index contributed by atoms with van der Waals surface area (Å²) < 4.78 is 0. The first-order valence-corrected chi connectivity index (χ1v) is 7.93. The maximum absolute atomic E-state index is 11.9. The topological polar surface area (TPSA) is 72.3 Å². The van der Waals surface area contributed by atoms with Crippen molar-refractivity contribution in [2.24, 2.45) is 17.4 Å². The Bertz CT molecular complexity index is 454. The number of piperidine rings is 1. The quantitative estimate of drug-likeness (QED) is 0.839. The van der Waals surface area contributed by atoms with E-state index in [9.17, 15) is 4.79 Å². The van der Waals surface area contributed by atoms with E-state index in [4.69, 9.17) is 11.5 Å². The van der Waals surface area contributed by atoms with E-state index in [0.717, 1.165) is 24.6 Å². The first kappa shape index (κ1) is 16.0. The lowest BCUT2D eigenvalue weighted by molar-refractivity contribution is -0.124. The van der Waals surface area contributed by atoms with Crippen molar-refractivity contribution in [3.05, 3.63) is 35.9 Å². The molecule has 4 heteroatoms. The van der Waals surface area contributed by atoms with E-state index >= 15 is 0 Å². The van der Waals surface area contributed by atoms with Gasteiger partial charge >= 0.3 is 0 Å². The number of hydrogen-bond acceptors (Lipinski definition) is 3. The van der Waals surface area contributed by atoms with Crippen molar-refractivity contribution in [3.8, 4) is 0 Å². The lowest BCUT2D eigenvalue weighted by atomic mass is 9.87. The molecule has 0 bridgehead atoms. The van der Waals surface area contributed by atoms with Crippen LogP contribution in [0.25, 0.3) is 0 Å². The highest BCUT2D eigenvalue weighted by molar-refractivity contribution is 5.86. The van der Waals surface area contributed by atoms with Crippen molar-refractivity contribution in [2.45, 2.75) is 38.1 Å². The minimum atomic E-state index is -1.10. The van der Waals surface area contributed by atoms with Gasteiger partial charge in [-0.1, -0.05) is 50.1 Å². The standard InChI is InChI=1S/C17H27N3O/c1-2-6-14-9-11-20(12-10-14)13-17(19,16(18)21)15-7-4-3-5-8-15/h3-5,7-8,14H,2,6,9-13,19H2,1H3,(H2,18,21). The number of benzene rings is 1. The average molecular weight is 289 g/mol. The summed E-state index contributed by atoms with van der Waals surface area (Å²) in [5, 5.41) is 0. The maximum atomic E-state index is 11.9. The molecule has 1 aliphatic rings. The SMILES string of the molecule is CCCC1CCN(CC(N)(C(N)=O)c2ccccc2)CC1. The van der Waals surface area contributed by atoms with Crippen LogP contribution in [0.3, 0.4) is 0 Å². The first-order valence-electron chi connectivity index (χ1n) is 7.93. The van der Waals surface area contributed by atoms with Crippen LogP contribution in [-0.2, 0) is 10.3 Å². The number of amides is 1. The molecule has 21 heavy (non-hydrogen) atoms. The molecular weight excluding hydrogens is 262 g/mol. The van der Waals surface area contributed by atoms with Gasteiger partial charge in [-0.05, 0) is 37.4 Å². The van der Waals surface area contributed by atoms with Gasteiger partial charge in [-0.25, -0.2) is 0 Å². The highest BCUT2D eigenvalue weighted by atomic mass is 16.1. The fourth-order valence-corrected chi connectivity index (χ4v) is 3.24. The molecule has 1 aromatic carbocycles. The van der Waals surface area contributed by atoms with E-state index in [2.05, 4.69) is 11.8 Å². The van der Waals surface area contributed by atoms with Gasteiger partial charge in [0.2, 0.25) is 5.91 Å². The largest absolute Gasteiger partial charge is 0.368 e. The van der Waals surface area contributed by atoms with Gasteiger partial charge in [0.25, 0.3) is 0 Å². The van der Waals surface area contributed by atoms with Crippen molar-refractivity contribution < 1.29 is 4.79 Å². The van der Waals surface area contributed by atoms with Gasteiger partial charge in [-0.2, -0.15) is 0 Å². The number of primary amides is 1. The zero-order valence-electron chi connectivity index (χ0n) is 12.9. The smallest absolute Gasteiger partial charge is 0.243 e. The Kier molecular flexibility index (Phi) is 5.37. The molecule has 1 unspecified atom stereocenters. The highest BCUT2D eigenvalue weighted by Gasteiger charge is 2.36. The van der Waals surface area contributed by atoms with Crippen molar-refractivity contribution in [2.75, 3.05) is 19.6 Å². The number of rotatable bonds is 6. The fourth-order valence-electron chi connectivity index (χ4n) is 3.24. The third kappa shape index (κ3) is 3.83. The van der Waals surface area contributed by atoms with E-state index in [1.165, 1.54) is 25.7 Å². The number of likely N-dealkylation sites (tertiary alicyclic amines) is 1. The minimum absolute atomic E-state index is 0.454. The van der Waals surface area contributed by atoms with E-state index < -0.39 is 11.4 Å². The molecule has 1 fully saturated rings. The van der Waals surface area contributed by atoms with Gasteiger partial charge in [0, 0.05) is 6.54 Å². The molecular formula is C17H27N3O. The molecule has 1 aromatic rings. The predicted molar refractivity (Wildman–Crippen MR) is 85.6 cm³/mol. The molecule has 4 nitrogen and oxygen atoms in total. The lowest BCUT2D eigenvalue weighted by Gasteiger charge is -2.37. The van der Waals surface area contributed by atoms with E-state index in [1.54, 1.807) is 0 Å². The fraction of sp³-hybridized carbons (Fsp3) is 0.588. The zero-order valence-corrected chi connectivity index (χ0v) is 12.9. The second-order valence-corrected chi connectivity index (χ2v) is 6.21. The summed E-state index contributed by atoms with van der Waals surface area (Å²) in [6.07, 6.45) is 4.93. The van der Waals surface area contributed by atoms with Gasteiger partial charge in [-0.15, -0.1) is 0 Å². The Hall–Kier alpha value is -1.39. The second kappa shape index (κ2) is 7.05. The number of nitrogens with zero attached hydrogens (tertiary/aromatic N) is 1. The normalized spacial score (nSPS) is 20.1. The van der Waals surface area contributed by atoms with Crippen LogP contribution < -0.4 is 11.5 Å². The number of carbonyl (C=O) groups is 1. The number of hydrogen-bond donors (Lipinski definition) is 2. The van der Waals surface area contributed by atoms with Crippen molar-refractivity contribution in [1.29, 1.82) is 0 Å². The van der Waals surface area contributed by atoms with Crippen LogP contribution in [0.2, 0.25) is 0 Å². The molecule has 1 atom stereocenters. The monoisotopic (exact) mass is 289 g/mol. The summed E-state index contributed by atoms with van der Waals surface area (Å²) in [4.78, 5) is 14.2. The first-order chi connectivity index (χ1) is 10.1. The zero-order chi connectivity index (χ0) is 15.3. The average Bonchev–Trinajstić information content (AvgIpc) is 2.50. The molecule has 0 saturated carbocycles. The van der Waals surface area contributed by atoms with Crippen LogP contribution >= 0.6 is 0 Å². The molecule has 2 rings (SSSR count). The molecule has 1 saturated heterocycles. The molecule has 1 amide bonds. The Morgan fingerprint density at radius 1 is 1.29 bits per heavy atom. The van der Waals surface area contributed by atoms with E-state index in [1.807, 2.05) is 30.3 Å².